The predicted octanol–water partition coefficient (Wildman–Crippen LogP) is 3.29. The molecule has 0 bridgehead atoms. The van der Waals surface area contributed by atoms with E-state index < -0.39 is 0 Å². The topological polar surface area (TPSA) is 70.6 Å². The highest BCUT2D eigenvalue weighted by Gasteiger charge is 2.38. The normalized spacial score (nSPS) is 16.7. The highest BCUT2D eigenvalue weighted by Crippen LogP contribution is 2.34. The lowest BCUT2D eigenvalue weighted by Gasteiger charge is -2.26. The van der Waals surface area contributed by atoms with Crippen LogP contribution in [0.3, 0.4) is 0 Å². The highest BCUT2D eigenvalue weighted by atomic mass is 32.2. The van der Waals surface area contributed by atoms with Gasteiger partial charge in [-0.05, 0) is 30.3 Å². The first-order chi connectivity index (χ1) is 13.6. The number of fused-ring (bicyclic) bond motifs is 2. The van der Waals surface area contributed by atoms with Crippen LogP contribution in [0.15, 0.2) is 42.5 Å². The van der Waals surface area contributed by atoms with Gasteiger partial charge in [0.05, 0.1) is 21.3 Å². The molecule has 8 heteroatoms. The van der Waals surface area contributed by atoms with E-state index in [1.165, 1.54) is 11.3 Å². The number of anilines is 1. The summed E-state index contributed by atoms with van der Waals surface area (Å²) in [6.07, 6.45) is 0. The van der Waals surface area contributed by atoms with Crippen LogP contribution in [0.5, 0.6) is 0 Å². The van der Waals surface area contributed by atoms with Gasteiger partial charge in [0, 0.05) is 30.2 Å². The van der Waals surface area contributed by atoms with E-state index in [0.29, 0.717) is 27.3 Å². The van der Waals surface area contributed by atoms with Crippen molar-refractivity contribution < 1.29 is 14.4 Å². The maximum absolute atomic E-state index is 12.7. The second kappa shape index (κ2) is 6.72. The average molecular weight is 409 g/mol. The molecule has 0 N–H and O–H groups in total. The molecule has 1 fully saturated rings. The fraction of sp³-hybridized carbons (Fsp3) is 0.200. The Morgan fingerprint density at radius 3 is 2.32 bits per heavy atom. The number of carbonyl (C=O) groups is 3. The standard InChI is InChI=1S/C20H15N3O3S2/c24-17(22-7-9-27-10-8-22)12-5-6-15-16(11-12)28-20(21-15)23-18(25)13-3-1-2-4-14(13)19(23)26/h1-6,11H,7-10H2. The second-order valence-electron chi connectivity index (χ2n) is 6.57. The Balaban J connectivity index is 1.49. The van der Waals surface area contributed by atoms with Gasteiger partial charge in [0.15, 0.2) is 0 Å². The van der Waals surface area contributed by atoms with Gasteiger partial charge in [-0.2, -0.15) is 11.8 Å². The maximum atomic E-state index is 12.7. The average Bonchev–Trinajstić information content (AvgIpc) is 3.26. The van der Waals surface area contributed by atoms with Crippen LogP contribution in [0.25, 0.3) is 10.2 Å². The van der Waals surface area contributed by atoms with Crippen molar-refractivity contribution in [3.05, 3.63) is 59.2 Å². The number of imide groups is 1. The Morgan fingerprint density at radius 1 is 0.964 bits per heavy atom. The Morgan fingerprint density at radius 2 is 1.64 bits per heavy atom. The monoisotopic (exact) mass is 409 g/mol. The lowest BCUT2D eigenvalue weighted by atomic mass is 10.1. The number of carbonyl (C=O) groups excluding carboxylic acids is 3. The first-order valence-corrected chi connectivity index (χ1v) is 10.9. The fourth-order valence-corrected chi connectivity index (χ4v) is 5.36. The lowest BCUT2D eigenvalue weighted by Crippen LogP contribution is -2.37. The third-order valence-electron chi connectivity index (χ3n) is 4.91. The third kappa shape index (κ3) is 2.71. The molecule has 0 unspecified atom stereocenters. The Kier molecular flexibility index (Phi) is 4.17. The molecule has 6 nitrogen and oxygen atoms in total. The van der Waals surface area contributed by atoms with Crippen molar-refractivity contribution in [2.45, 2.75) is 0 Å². The van der Waals surface area contributed by atoms with Crippen LogP contribution in [0.2, 0.25) is 0 Å². The van der Waals surface area contributed by atoms with Crippen LogP contribution in [-0.2, 0) is 0 Å². The zero-order valence-electron chi connectivity index (χ0n) is 14.8. The van der Waals surface area contributed by atoms with Gasteiger partial charge < -0.3 is 4.90 Å². The van der Waals surface area contributed by atoms with E-state index in [-0.39, 0.29) is 17.7 Å². The summed E-state index contributed by atoms with van der Waals surface area (Å²) >= 11 is 3.10. The molecule has 2 aliphatic heterocycles. The lowest BCUT2D eigenvalue weighted by molar-refractivity contribution is 0.0771. The molecule has 0 spiro atoms. The van der Waals surface area contributed by atoms with E-state index in [4.69, 9.17) is 0 Å². The van der Waals surface area contributed by atoms with Gasteiger partial charge in [-0.3, -0.25) is 14.4 Å². The molecule has 2 aromatic carbocycles. The quantitative estimate of drug-likeness (QED) is 0.608. The van der Waals surface area contributed by atoms with Gasteiger partial charge in [0.1, 0.15) is 0 Å². The third-order valence-corrected chi connectivity index (χ3v) is 6.85. The van der Waals surface area contributed by atoms with E-state index in [9.17, 15) is 14.4 Å². The number of thioether (sulfide) groups is 1. The molecule has 0 saturated carbocycles. The van der Waals surface area contributed by atoms with Crippen LogP contribution in [0.4, 0.5) is 5.13 Å². The van der Waals surface area contributed by atoms with Crippen molar-refractivity contribution in [3.8, 4) is 0 Å². The van der Waals surface area contributed by atoms with E-state index in [1.807, 2.05) is 16.7 Å². The predicted molar refractivity (Wildman–Crippen MR) is 110 cm³/mol. The number of aromatic nitrogens is 1. The van der Waals surface area contributed by atoms with Crippen LogP contribution < -0.4 is 4.90 Å². The summed E-state index contributed by atoms with van der Waals surface area (Å²) in [5.74, 6) is 1.21. The van der Waals surface area contributed by atoms with E-state index in [0.717, 1.165) is 34.2 Å². The number of hydrogen-bond donors (Lipinski definition) is 0. The van der Waals surface area contributed by atoms with Crippen LogP contribution in [-0.4, -0.2) is 52.2 Å². The van der Waals surface area contributed by atoms with Crippen molar-refractivity contribution in [2.24, 2.45) is 0 Å². The number of amides is 3. The molecule has 5 rings (SSSR count). The van der Waals surface area contributed by atoms with Crippen molar-refractivity contribution in [3.63, 3.8) is 0 Å². The molecule has 0 atom stereocenters. The molecule has 1 saturated heterocycles. The highest BCUT2D eigenvalue weighted by molar-refractivity contribution is 7.99. The van der Waals surface area contributed by atoms with Crippen molar-refractivity contribution in [1.82, 2.24) is 9.88 Å². The SMILES string of the molecule is O=C(c1ccc2nc(N3C(=O)c4ccccc4C3=O)sc2c1)N1CCSCC1. The number of rotatable bonds is 2. The van der Waals surface area contributed by atoms with Crippen molar-refractivity contribution >= 4 is 56.2 Å². The molecule has 3 heterocycles. The first kappa shape index (κ1) is 17.4. The summed E-state index contributed by atoms with van der Waals surface area (Å²) in [5.41, 5.74) is 2.07. The molecule has 28 heavy (non-hydrogen) atoms. The molecule has 0 radical (unpaired) electrons. The van der Waals surface area contributed by atoms with E-state index in [1.54, 1.807) is 42.5 Å². The molecular formula is C20H15N3O3S2. The molecule has 2 aliphatic rings. The van der Waals surface area contributed by atoms with Crippen molar-refractivity contribution in [1.29, 1.82) is 0 Å². The summed E-state index contributed by atoms with van der Waals surface area (Å²) in [6.45, 7) is 1.51. The largest absolute Gasteiger partial charge is 0.337 e. The number of benzene rings is 2. The van der Waals surface area contributed by atoms with Crippen LogP contribution >= 0.6 is 23.1 Å². The fourth-order valence-electron chi connectivity index (χ4n) is 3.45. The van der Waals surface area contributed by atoms with Crippen LogP contribution in [0.1, 0.15) is 31.1 Å². The molecule has 140 valence electrons. The number of hydrogen-bond acceptors (Lipinski definition) is 6. The minimum Gasteiger partial charge on any atom is -0.337 e. The second-order valence-corrected chi connectivity index (χ2v) is 8.81. The summed E-state index contributed by atoms with van der Waals surface area (Å²) < 4.78 is 0.781. The summed E-state index contributed by atoms with van der Waals surface area (Å²) in [7, 11) is 0. The van der Waals surface area contributed by atoms with Gasteiger partial charge in [0.25, 0.3) is 17.7 Å². The Labute approximate surface area is 169 Å². The van der Waals surface area contributed by atoms with E-state index >= 15 is 0 Å². The van der Waals surface area contributed by atoms with E-state index in [2.05, 4.69) is 4.98 Å². The maximum Gasteiger partial charge on any atom is 0.268 e. The summed E-state index contributed by atoms with van der Waals surface area (Å²) in [6, 6.07) is 12.1. The zero-order valence-corrected chi connectivity index (χ0v) is 16.4. The minimum atomic E-state index is -0.359. The smallest absolute Gasteiger partial charge is 0.268 e. The molecule has 3 aromatic rings. The molecule has 3 amide bonds. The van der Waals surface area contributed by atoms with Gasteiger partial charge in [-0.1, -0.05) is 23.5 Å². The number of thiazole rings is 1. The Bertz CT molecular complexity index is 1100. The van der Waals surface area contributed by atoms with Crippen molar-refractivity contribution in [2.75, 3.05) is 29.5 Å². The first-order valence-electron chi connectivity index (χ1n) is 8.89. The van der Waals surface area contributed by atoms with Gasteiger partial charge in [-0.25, -0.2) is 9.88 Å². The Hall–Kier alpha value is -2.71. The van der Waals surface area contributed by atoms with Gasteiger partial charge in [0.2, 0.25) is 5.13 Å². The number of nitrogens with zero attached hydrogens (tertiary/aromatic N) is 3. The summed E-state index contributed by atoms with van der Waals surface area (Å²) in [4.78, 5) is 45.5. The molecule has 0 aliphatic carbocycles. The molecular weight excluding hydrogens is 394 g/mol. The van der Waals surface area contributed by atoms with Gasteiger partial charge in [-0.15, -0.1) is 0 Å². The zero-order chi connectivity index (χ0) is 19.3. The van der Waals surface area contributed by atoms with Gasteiger partial charge >= 0.3 is 0 Å². The minimum absolute atomic E-state index is 0.0119. The summed E-state index contributed by atoms with van der Waals surface area (Å²) in [5, 5.41) is 0.333. The van der Waals surface area contributed by atoms with Crippen LogP contribution in [0, 0.1) is 0 Å². The molecule has 1 aromatic heterocycles.